The third-order valence-electron chi connectivity index (χ3n) is 3.05. The van der Waals surface area contributed by atoms with Crippen LogP contribution in [0.1, 0.15) is 29.5 Å². The quantitative estimate of drug-likeness (QED) is 0.913. The molecule has 0 amide bonds. The predicted molar refractivity (Wildman–Crippen MR) is 68.4 cm³/mol. The summed E-state index contributed by atoms with van der Waals surface area (Å²) in [5, 5.41) is 16.8. The molecular formula is C13H13N3O4. The number of nitrogens with zero attached hydrogens (tertiary/aromatic N) is 3. The standard InChI is InChI=1S/C13H13N3O4/c1-2-3-9-12(13(17)18)14-15-16(9)8-4-5-10-11(6-8)20-7-19-10/h4-6H,2-3,7H2,1H3,(H,17,18). The molecule has 104 valence electrons. The Balaban J connectivity index is 2.07. The lowest BCUT2D eigenvalue weighted by Gasteiger charge is -2.06. The molecule has 0 spiro atoms. The van der Waals surface area contributed by atoms with Crippen molar-refractivity contribution in [3.63, 3.8) is 0 Å². The largest absolute Gasteiger partial charge is 0.476 e. The number of carbonyl (C=O) groups is 1. The molecule has 0 radical (unpaired) electrons. The topological polar surface area (TPSA) is 86.5 Å². The number of carboxylic acid groups (broad SMARTS) is 1. The molecule has 1 aromatic heterocycles. The molecule has 1 N–H and O–H groups in total. The van der Waals surface area contributed by atoms with Crippen molar-refractivity contribution in [2.45, 2.75) is 19.8 Å². The Morgan fingerprint density at radius 3 is 2.95 bits per heavy atom. The Labute approximate surface area is 114 Å². The SMILES string of the molecule is CCCc1c(C(=O)O)nnn1-c1ccc2c(c1)OCO2. The number of fused-ring (bicyclic) bond motifs is 1. The van der Waals surface area contributed by atoms with Crippen molar-refractivity contribution in [1.82, 2.24) is 15.0 Å². The van der Waals surface area contributed by atoms with Crippen molar-refractivity contribution in [2.75, 3.05) is 6.79 Å². The van der Waals surface area contributed by atoms with E-state index in [1.807, 2.05) is 6.92 Å². The first-order valence-electron chi connectivity index (χ1n) is 6.28. The van der Waals surface area contributed by atoms with Crippen molar-refractivity contribution in [1.29, 1.82) is 0 Å². The second kappa shape index (κ2) is 4.84. The van der Waals surface area contributed by atoms with Gasteiger partial charge in [-0.2, -0.15) is 0 Å². The van der Waals surface area contributed by atoms with E-state index in [1.54, 1.807) is 18.2 Å². The summed E-state index contributed by atoms with van der Waals surface area (Å²) >= 11 is 0. The molecule has 7 heteroatoms. The smallest absolute Gasteiger partial charge is 0.358 e. The molecule has 0 bridgehead atoms. The molecule has 2 heterocycles. The molecular weight excluding hydrogens is 262 g/mol. The van der Waals surface area contributed by atoms with Crippen LogP contribution in [-0.4, -0.2) is 32.9 Å². The number of hydrogen-bond donors (Lipinski definition) is 1. The first kappa shape index (κ1) is 12.5. The Kier molecular flexibility index (Phi) is 3.02. The van der Waals surface area contributed by atoms with Crippen LogP contribution in [0.4, 0.5) is 0 Å². The van der Waals surface area contributed by atoms with Gasteiger partial charge in [0, 0.05) is 6.07 Å². The van der Waals surface area contributed by atoms with Crippen LogP contribution in [-0.2, 0) is 6.42 Å². The third-order valence-corrected chi connectivity index (χ3v) is 3.05. The van der Waals surface area contributed by atoms with Gasteiger partial charge in [-0.25, -0.2) is 9.48 Å². The maximum Gasteiger partial charge on any atom is 0.358 e. The Hall–Kier alpha value is -2.57. The summed E-state index contributed by atoms with van der Waals surface area (Å²) in [5.74, 6) is 0.224. The summed E-state index contributed by atoms with van der Waals surface area (Å²) in [4.78, 5) is 11.2. The van der Waals surface area contributed by atoms with Crippen LogP contribution in [0.15, 0.2) is 18.2 Å². The molecule has 0 saturated carbocycles. The van der Waals surface area contributed by atoms with Crippen molar-refractivity contribution in [3.05, 3.63) is 29.6 Å². The van der Waals surface area contributed by atoms with Crippen LogP contribution in [0.25, 0.3) is 5.69 Å². The number of ether oxygens (including phenoxy) is 2. The number of aromatic nitrogens is 3. The van der Waals surface area contributed by atoms with Gasteiger partial charge >= 0.3 is 5.97 Å². The summed E-state index contributed by atoms with van der Waals surface area (Å²) in [5.41, 5.74) is 1.28. The van der Waals surface area contributed by atoms with Gasteiger partial charge in [0.2, 0.25) is 6.79 Å². The van der Waals surface area contributed by atoms with E-state index in [9.17, 15) is 4.79 Å². The summed E-state index contributed by atoms with van der Waals surface area (Å²) in [6.45, 7) is 2.17. The second-order valence-corrected chi connectivity index (χ2v) is 4.39. The van der Waals surface area contributed by atoms with Gasteiger partial charge < -0.3 is 14.6 Å². The highest BCUT2D eigenvalue weighted by Gasteiger charge is 2.21. The number of benzene rings is 1. The van der Waals surface area contributed by atoms with Crippen LogP contribution in [0.5, 0.6) is 11.5 Å². The Morgan fingerprint density at radius 1 is 1.40 bits per heavy atom. The Morgan fingerprint density at radius 2 is 2.20 bits per heavy atom. The molecule has 2 aromatic rings. The summed E-state index contributed by atoms with van der Waals surface area (Å²) in [7, 11) is 0. The highest BCUT2D eigenvalue weighted by molar-refractivity contribution is 5.86. The van der Waals surface area contributed by atoms with Crippen molar-refractivity contribution >= 4 is 5.97 Å². The van der Waals surface area contributed by atoms with Crippen LogP contribution in [0.3, 0.4) is 0 Å². The van der Waals surface area contributed by atoms with Gasteiger partial charge in [-0.3, -0.25) is 0 Å². The lowest BCUT2D eigenvalue weighted by atomic mass is 10.2. The maximum absolute atomic E-state index is 11.2. The fourth-order valence-corrected chi connectivity index (χ4v) is 2.15. The molecule has 0 unspecified atom stereocenters. The fourth-order valence-electron chi connectivity index (χ4n) is 2.15. The van der Waals surface area contributed by atoms with E-state index >= 15 is 0 Å². The van der Waals surface area contributed by atoms with Crippen LogP contribution >= 0.6 is 0 Å². The Bertz CT molecular complexity index is 666. The average Bonchev–Trinajstić information content (AvgIpc) is 3.04. The van der Waals surface area contributed by atoms with E-state index in [1.165, 1.54) is 4.68 Å². The highest BCUT2D eigenvalue weighted by Crippen LogP contribution is 2.33. The number of hydrogen-bond acceptors (Lipinski definition) is 5. The fraction of sp³-hybridized carbons (Fsp3) is 0.308. The maximum atomic E-state index is 11.2. The van der Waals surface area contributed by atoms with E-state index in [2.05, 4.69) is 10.3 Å². The van der Waals surface area contributed by atoms with E-state index in [4.69, 9.17) is 14.6 Å². The number of aromatic carboxylic acids is 1. The lowest BCUT2D eigenvalue weighted by molar-refractivity contribution is 0.0689. The molecule has 0 fully saturated rings. The van der Waals surface area contributed by atoms with Gasteiger partial charge in [-0.15, -0.1) is 5.10 Å². The van der Waals surface area contributed by atoms with Crippen molar-refractivity contribution in [3.8, 4) is 17.2 Å². The minimum atomic E-state index is -1.07. The molecule has 1 aromatic carbocycles. The minimum Gasteiger partial charge on any atom is -0.476 e. The molecule has 3 rings (SSSR count). The molecule has 0 aliphatic carbocycles. The van der Waals surface area contributed by atoms with Gasteiger partial charge in [0.1, 0.15) is 0 Å². The van der Waals surface area contributed by atoms with E-state index in [0.717, 1.165) is 6.42 Å². The molecule has 20 heavy (non-hydrogen) atoms. The highest BCUT2D eigenvalue weighted by atomic mass is 16.7. The van der Waals surface area contributed by atoms with E-state index in [-0.39, 0.29) is 12.5 Å². The molecule has 7 nitrogen and oxygen atoms in total. The predicted octanol–water partition coefficient (Wildman–Crippen LogP) is 1.65. The first-order chi connectivity index (χ1) is 9.70. The summed E-state index contributed by atoms with van der Waals surface area (Å²) in [6.07, 6.45) is 1.39. The van der Waals surface area contributed by atoms with Gasteiger partial charge in [0.05, 0.1) is 11.4 Å². The van der Waals surface area contributed by atoms with E-state index < -0.39 is 5.97 Å². The first-order valence-corrected chi connectivity index (χ1v) is 6.28. The number of rotatable bonds is 4. The number of carboxylic acids is 1. The third kappa shape index (κ3) is 1.97. The van der Waals surface area contributed by atoms with Gasteiger partial charge in [-0.05, 0) is 18.6 Å². The van der Waals surface area contributed by atoms with Crippen LogP contribution < -0.4 is 9.47 Å². The molecule has 1 aliphatic heterocycles. The normalized spacial score (nSPS) is 12.7. The average molecular weight is 275 g/mol. The van der Waals surface area contributed by atoms with Crippen LogP contribution in [0, 0.1) is 0 Å². The monoisotopic (exact) mass is 275 g/mol. The second-order valence-electron chi connectivity index (χ2n) is 4.39. The van der Waals surface area contributed by atoms with Gasteiger partial charge in [0.15, 0.2) is 17.2 Å². The molecule has 0 saturated heterocycles. The zero-order valence-corrected chi connectivity index (χ0v) is 10.9. The molecule has 1 aliphatic rings. The van der Waals surface area contributed by atoms with Gasteiger partial charge in [-0.1, -0.05) is 18.6 Å². The van der Waals surface area contributed by atoms with Crippen LogP contribution in [0.2, 0.25) is 0 Å². The zero-order chi connectivity index (χ0) is 14.1. The van der Waals surface area contributed by atoms with Crippen molar-refractivity contribution < 1.29 is 19.4 Å². The zero-order valence-electron chi connectivity index (χ0n) is 10.9. The summed E-state index contributed by atoms with van der Waals surface area (Å²) in [6, 6.07) is 5.34. The van der Waals surface area contributed by atoms with Crippen molar-refractivity contribution in [2.24, 2.45) is 0 Å². The lowest BCUT2D eigenvalue weighted by Crippen LogP contribution is -2.06. The molecule has 0 atom stereocenters. The van der Waals surface area contributed by atoms with Gasteiger partial charge in [0.25, 0.3) is 0 Å². The van der Waals surface area contributed by atoms with E-state index in [0.29, 0.717) is 29.3 Å². The minimum absolute atomic E-state index is 0.00971. The summed E-state index contributed by atoms with van der Waals surface area (Å²) < 4.78 is 12.1.